The second kappa shape index (κ2) is 8.74. The summed E-state index contributed by atoms with van der Waals surface area (Å²) in [6.07, 6.45) is 4.08. The summed E-state index contributed by atoms with van der Waals surface area (Å²) in [5, 5.41) is 13.5. The van der Waals surface area contributed by atoms with E-state index in [0.29, 0.717) is 29.5 Å². The first-order valence-electron chi connectivity index (χ1n) is 12.8. The van der Waals surface area contributed by atoms with Gasteiger partial charge in [0.2, 0.25) is 0 Å². The Bertz CT molecular complexity index is 977. The van der Waals surface area contributed by atoms with E-state index in [1.54, 1.807) is 13.8 Å². The van der Waals surface area contributed by atoms with Gasteiger partial charge in [0, 0.05) is 17.7 Å². The molecule has 2 N–H and O–H groups in total. The SMILES string of the molecule is CC(C)(O)[C@H]1C[C@@H]1C(=O)C1NC1CC/C1=N/c2ccc(C(F)(F)F)cc2CCC(C2CCC2)C1. The molecule has 1 saturated heterocycles. The zero-order valence-corrected chi connectivity index (χ0v) is 20.0. The molecular weight excluding hydrogens is 441 g/mol. The molecule has 186 valence electrons. The van der Waals surface area contributed by atoms with E-state index >= 15 is 0 Å². The summed E-state index contributed by atoms with van der Waals surface area (Å²) >= 11 is 0. The topological polar surface area (TPSA) is 71.6 Å². The molecule has 2 aliphatic carbocycles. The fourth-order valence-corrected chi connectivity index (χ4v) is 6.05. The maximum atomic E-state index is 13.3. The highest BCUT2D eigenvalue weighted by atomic mass is 19.4. The molecule has 2 saturated carbocycles. The molecule has 0 spiro atoms. The molecular formula is C27H35F3N2O2. The number of halogens is 3. The lowest BCUT2D eigenvalue weighted by Crippen LogP contribution is -2.26. The number of alkyl halides is 3. The average molecular weight is 477 g/mol. The summed E-state index contributed by atoms with van der Waals surface area (Å²) in [5.41, 5.74) is 1.00. The molecule has 0 amide bonds. The van der Waals surface area contributed by atoms with Gasteiger partial charge in [-0.2, -0.15) is 13.2 Å². The summed E-state index contributed by atoms with van der Waals surface area (Å²) in [6, 6.07) is 3.95. The van der Waals surface area contributed by atoms with Crippen molar-refractivity contribution in [2.24, 2.45) is 28.7 Å². The van der Waals surface area contributed by atoms with Crippen LogP contribution in [-0.2, 0) is 17.4 Å². The van der Waals surface area contributed by atoms with Gasteiger partial charge < -0.3 is 10.4 Å². The van der Waals surface area contributed by atoms with Crippen molar-refractivity contribution in [3.8, 4) is 0 Å². The molecule has 5 atom stereocenters. The van der Waals surface area contributed by atoms with E-state index in [1.807, 2.05) is 0 Å². The molecule has 1 aromatic rings. The minimum atomic E-state index is -4.34. The number of aliphatic hydroxyl groups is 1. The number of aliphatic imine (C=N–C) groups is 1. The number of carbonyl (C=O) groups is 1. The summed E-state index contributed by atoms with van der Waals surface area (Å²) in [5.74, 6) is 1.35. The Morgan fingerprint density at radius 2 is 1.94 bits per heavy atom. The van der Waals surface area contributed by atoms with Crippen LogP contribution >= 0.6 is 0 Å². The maximum absolute atomic E-state index is 13.3. The van der Waals surface area contributed by atoms with Crippen molar-refractivity contribution in [2.45, 2.75) is 95.5 Å². The Kier molecular flexibility index (Phi) is 6.16. The summed E-state index contributed by atoms with van der Waals surface area (Å²) in [4.78, 5) is 17.6. The second-order valence-electron chi connectivity index (χ2n) is 11.5. The number of ketones is 1. The van der Waals surface area contributed by atoms with Crippen LogP contribution < -0.4 is 5.32 Å². The number of rotatable bonds is 7. The van der Waals surface area contributed by atoms with Crippen LogP contribution in [0, 0.1) is 23.7 Å². The van der Waals surface area contributed by atoms with E-state index in [-0.39, 0.29) is 29.7 Å². The van der Waals surface area contributed by atoms with Crippen molar-refractivity contribution in [2.75, 3.05) is 0 Å². The van der Waals surface area contributed by atoms with Gasteiger partial charge in [-0.3, -0.25) is 9.79 Å². The van der Waals surface area contributed by atoms with Crippen LogP contribution in [0.1, 0.15) is 76.3 Å². The van der Waals surface area contributed by atoms with Crippen molar-refractivity contribution < 1.29 is 23.1 Å². The Morgan fingerprint density at radius 3 is 2.56 bits per heavy atom. The van der Waals surface area contributed by atoms with Crippen LogP contribution in [0.4, 0.5) is 18.9 Å². The Morgan fingerprint density at radius 1 is 1.18 bits per heavy atom. The average Bonchev–Trinajstić information content (AvgIpc) is 3.59. The number of carbonyl (C=O) groups excluding carboxylic acids is 1. The van der Waals surface area contributed by atoms with Gasteiger partial charge in [-0.15, -0.1) is 0 Å². The zero-order valence-electron chi connectivity index (χ0n) is 20.0. The molecule has 3 fully saturated rings. The highest BCUT2D eigenvalue weighted by Gasteiger charge is 2.56. The van der Waals surface area contributed by atoms with Gasteiger partial charge in [-0.25, -0.2) is 0 Å². The fourth-order valence-electron chi connectivity index (χ4n) is 6.05. The smallest absolute Gasteiger partial charge is 0.390 e. The normalized spacial score (nSPS) is 33.1. The minimum Gasteiger partial charge on any atom is -0.390 e. The van der Waals surface area contributed by atoms with E-state index in [0.717, 1.165) is 43.9 Å². The quantitative estimate of drug-likeness (QED) is 0.501. The number of Topliss-reactive ketones (excluding diaryl/α,β-unsaturated/α-hetero) is 1. The summed E-state index contributed by atoms with van der Waals surface area (Å²) < 4.78 is 39.8. The van der Waals surface area contributed by atoms with Crippen molar-refractivity contribution in [3.05, 3.63) is 29.3 Å². The predicted molar refractivity (Wildman–Crippen MR) is 125 cm³/mol. The number of nitrogens with one attached hydrogen (secondary N) is 1. The third-order valence-corrected chi connectivity index (χ3v) is 8.58. The second-order valence-corrected chi connectivity index (χ2v) is 11.5. The first kappa shape index (κ1) is 24.0. The van der Waals surface area contributed by atoms with Crippen LogP contribution in [-0.4, -0.2) is 34.3 Å². The highest BCUT2D eigenvalue weighted by Crippen LogP contribution is 2.48. The lowest BCUT2D eigenvalue weighted by Gasteiger charge is -2.35. The van der Waals surface area contributed by atoms with Gasteiger partial charge in [0.05, 0.1) is 22.9 Å². The molecule has 1 aromatic carbocycles. The lowest BCUT2D eigenvalue weighted by molar-refractivity contribution is -0.137. The van der Waals surface area contributed by atoms with Crippen molar-refractivity contribution in [3.63, 3.8) is 0 Å². The maximum Gasteiger partial charge on any atom is 0.416 e. The van der Waals surface area contributed by atoms with Crippen molar-refractivity contribution in [1.82, 2.24) is 5.32 Å². The summed E-state index contributed by atoms with van der Waals surface area (Å²) in [7, 11) is 0. The fraction of sp³-hybridized carbons (Fsp3) is 0.704. The molecule has 0 aromatic heterocycles. The van der Waals surface area contributed by atoms with Crippen LogP contribution in [0.2, 0.25) is 0 Å². The van der Waals surface area contributed by atoms with E-state index in [9.17, 15) is 23.1 Å². The van der Waals surface area contributed by atoms with Crippen LogP contribution in [0.3, 0.4) is 0 Å². The molecule has 7 heteroatoms. The first-order chi connectivity index (χ1) is 16.0. The van der Waals surface area contributed by atoms with Crippen LogP contribution in [0.25, 0.3) is 0 Å². The molecule has 4 aliphatic rings. The molecule has 2 aliphatic heterocycles. The third kappa shape index (κ3) is 5.11. The number of aryl methyl sites for hydroxylation is 1. The van der Waals surface area contributed by atoms with Crippen molar-refractivity contribution >= 4 is 17.2 Å². The van der Waals surface area contributed by atoms with Crippen molar-refractivity contribution in [1.29, 1.82) is 0 Å². The standard InChI is InChI=1S/C27H35F3N2O2/c1-26(2,34)21-14-20(21)25(33)24-23(32-24)11-9-19-13-16(15-4-3-5-15)6-7-17-12-18(27(28,29)30)8-10-22(17)31-19/h8,10,12,15-16,20-21,23-24,32,34H,3-7,9,11,13-14H2,1-2H3/b31-19-/t16?,20-,21-,23?,24?/m0/s1. The molecule has 2 heterocycles. The van der Waals surface area contributed by atoms with Gasteiger partial charge in [-0.05, 0) is 93.9 Å². The molecule has 0 bridgehead atoms. The molecule has 3 unspecified atom stereocenters. The minimum absolute atomic E-state index is 0.0427. The molecule has 0 radical (unpaired) electrons. The van der Waals surface area contributed by atoms with Crippen LogP contribution in [0.15, 0.2) is 23.2 Å². The Hall–Kier alpha value is -1.73. The predicted octanol–water partition coefficient (Wildman–Crippen LogP) is 5.63. The molecule has 34 heavy (non-hydrogen) atoms. The number of nitrogens with zero attached hydrogens (tertiary/aromatic N) is 1. The number of benzene rings is 1. The van der Waals surface area contributed by atoms with E-state index in [2.05, 4.69) is 5.32 Å². The first-order valence-corrected chi connectivity index (χ1v) is 12.8. The van der Waals surface area contributed by atoms with Gasteiger partial charge in [0.1, 0.15) is 0 Å². The van der Waals surface area contributed by atoms with Gasteiger partial charge in [0.15, 0.2) is 5.78 Å². The van der Waals surface area contributed by atoms with Gasteiger partial charge in [-0.1, -0.05) is 19.3 Å². The molecule has 5 rings (SSSR count). The van der Waals surface area contributed by atoms with Gasteiger partial charge >= 0.3 is 6.18 Å². The van der Waals surface area contributed by atoms with Crippen LogP contribution in [0.5, 0.6) is 0 Å². The largest absolute Gasteiger partial charge is 0.416 e. The number of hydrogen-bond acceptors (Lipinski definition) is 4. The zero-order chi connectivity index (χ0) is 24.3. The van der Waals surface area contributed by atoms with E-state index in [4.69, 9.17) is 4.99 Å². The monoisotopic (exact) mass is 476 g/mol. The van der Waals surface area contributed by atoms with E-state index < -0.39 is 17.3 Å². The third-order valence-electron chi connectivity index (χ3n) is 8.58. The lowest BCUT2D eigenvalue weighted by atomic mass is 9.71. The number of fused-ring (bicyclic) bond motifs is 1. The van der Waals surface area contributed by atoms with Gasteiger partial charge in [0.25, 0.3) is 0 Å². The number of hydrogen-bond donors (Lipinski definition) is 2. The Labute approximate surface area is 199 Å². The van der Waals surface area contributed by atoms with E-state index in [1.165, 1.54) is 31.4 Å². The highest BCUT2D eigenvalue weighted by molar-refractivity contribution is 5.92. The molecule has 4 nitrogen and oxygen atoms in total. The Balaban J connectivity index is 1.26. The summed E-state index contributed by atoms with van der Waals surface area (Å²) in [6.45, 7) is 3.53.